The number of hydrogen-bond acceptors (Lipinski definition) is 0. The highest BCUT2D eigenvalue weighted by molar-refractivity contribution is 5.56. The van der Waals surface area contributed by atoms with Crippen molar-refractivity contribution < 1.29 is 0 Å². The number of rotatable bonds is 7. The Bertz CT molecular complexity index is 1150. The van der Waals surface area contributed by atoms with Gasteiger partial charge in [-0.25, -0.2) is 0 Å². The second-order valence-corrected chi connectivity index (χ2v) is 12.8. The van der Waals surface area contributed by atoms with Gasteiger partial charge in [0.25, 0.3) is 0 Å². The van der Waals surface area contributed by atoms with E-state index < -0.39 is 0 Å². The molecule has 1 fully saturated rings. The van der Waals surface area contributed by atoms with E-state index >= 15 is 0 Å². The van der Waals surface area contributed by atoms with Crippen LogP contribution in [0.1, 0.15) is 72.1 Å². The molecular formula is C36H44. The Morgan fingerprint density at radius 1 is 0.861 bits per heavy atom. The molecule has 0 heteroatoms. The van der Waals surface area contributed by atoms with Gasteiger partial charge in [0.2, 0.25) is 0 Å². The highest BCUT2D eigenvalue weighted by Crippen LogP contribution is 2.42. The van der Waals surface area contributed by atoms with E-state index in [0.29, 0.717) is 17.3 Å². The molecule has 0 radical (unpaired) electrons. The molecule has 5 aliphatic carbocycles. The summed E-state index contributed by atoms with van der Waals surface area (Å²) in [6.07, 6.45) is 35.7. The van der Waals surface area contributed by atoms with Gasteiger partial charge in [-0.3, -0.25) is 0 Å². The first-order chi connectivity index (χ1) is 17.3. The van der Waals surface area contributed by atoms with E-state index in [1.54, 1.807) is 5.57 Å². The number of hydrogen-bond donors (Lipinski definition) is 0. The van der Waals surface area contributed by atoms with Crippen LogP contribution in [0.2, 0.25) is 0 Å². The van der Waals surface area contributed by atoms with Crippen molar-refractivity contribution >= 4 is 0 Å². The van der Waals surface area contributed by atoms with Gasteiger partial charge in [-0.2, -0.15) is 0 Å². The van der Waals surface area contributed by atoms with Crippen LogP contribution in [0.5, 0.6) is 0 Å². The molecule has 36 heavy (non-hydrogen) atoms. The SMILES string of the molecule is C=C(CCC1=CC2C=C(CCC3CCC(C(C)(C)C)CC3)C=CC2=C1)C1=CC(=C)C2C=CC=CC2=C1. The molecular weight excluding hydrogens is 432 g/mol. The molecule has 1 saturated carbocycles. The van der Waals surface area contributed by atoms with Gasteiger partial charge in [0.15, 0.2) is 0 Å². The van der Waals surface area contributed by atoms with Gasteiger partial charge in [0.1, 0.15) is 0 Å². The lowest BCUT2D eigenvalue weighted by Gasteiger charge is -2.37. The van der Waals surface area contributed by atoms with Crippen LogP contribution in [0.25, 0.3) is 0 Å². The van der Waals surface area contributed by atoms with Crippen LogP contribution in [0.3, 0.4) is 0 Å². The molecule has 0 amide bonds. The van der Waals surface area contributed by atoms with Gasteiger partial charge < -0.3 is 0 Å². The molecule has 2 atom stereocenters. The quantitative estimate of drug-likeness (QED) is 0.343. The molecule has 0 nitrogen and oxygen atoms in total. The maximum Gasteiger partial charge on any atom is 0.0267 e. The van der Waals surface area contributed by atoms with Gasteiger partial charge in [0.05, 0.1) is 0 Å². The van der Waals surface area contributed by atoms with E-state index in [1.807, 2.05) is 0 Å². The lowest BCUT2D eigenvalue weighted by Crippen LogP contribution is -2.25. The third-order valence-corrected chi connectivity index (χ3v) is 9.18. The smallest absolute Gasteiger partial charge is 0.0267 e. The summed E-state index contributed by atoms with van der Waals surface area (Å²) >= 11 is 0. The average molecular weight is 477 g/mol. The lowest BCUT2D eigenvalue weighted by molar-refractivity contribution is 0.147. The van der Waals surface area contributed by atoms with Crippen molar-refractivity contribution in [2.45, 2.75) is 72.1 Å². The van der Waals surface area contributed by atoms with E-state index in [0.717, 1.165) is 24.7 Å². The minimum atomic E-state index is 0.336. The first kappa shape index (κ1) is 25.1. The Hall–Kier alpha value is -2.60. The Labute approximate surface area is 220 Å². The Balaban J connectivity index is 1.11. The first-order valence-corrected chi connectivity index (χ1v) is 14.2. The van der Waals surface area contributed by atoms with Crippen molar-refractivity contribution in [1.29, 1.82) is 0 Å². The first-order valence-electron chi connectivity index (χ1n) is 14.2. The van der Waals surface area contributed by atoms with Gasteiger partial charge in [0, 0.05) is 11.8 Å². The fourth-order valence-corrected chi connectivity index (χ4v) is 6.68. The number of fused-ring (bicyclic) bond motifs is 2. The standard InChI is InChI=1S/C36H44/c1-25(32-20-26(2)35-9-7-6-8-31(35)24-32)10-11-29-22-30-17-14-28(21-33(30)23-29)13-12-27-15-18-34(19-16-27)36(3,4)5/h6-9,14,17,20-24,27,33-35H,1-2,10-13,15-16,18-19H2,3-5H3. The van der Waals surface area contributed by atoms with Crippen LogP contribution < -0.4 is 0 Å². The Morgan fingerprint density at radius 3 is 2.42 bits per heavy atom. The fraction of sp³-hybridized carbons (Fsp3) is 0.444. The summed E-state index contributed by atoms with van der Waals surface area (Å²) in [4.78, 5) is 0. The molecule has 0 aliphatic heterocycles. The fourth-order valence-electron chi connectivity index (χ4n) is 6.68. The van der Waals surface area contributed by atoms with Crippen LogP contribution in [-0.4, -0.2) is 0 Å². The minimum absolute atomic E-state index is 0.336. The highest BCUT2D eigenvalue weighted by Gasteiger charge is 2.29. The molecule has 5 aliphatic rings. The molecule has 0 N–H and O–H groups in total. The molecule has 0 aromatic heterocycles. The predicted octanol–water partition coefficient (Wildman–Crippen LogP) is 10.1. The van der Waals surface area contributed by atoms with E-state index in [-0.39, 0.29) is 0 Å². The van der Waals surface area contributed by atoms with Gasteiger partial charge in [-0.15, -0.1) is 0 Å². The van der Waals surface area contributed by atoms with Crippen molar-refractivity contribution in [3.63, 3.8) is 0 Å². The van der Waals surface area contributed by atoms with Crippen LogP contribution >= 0.6 is 0 Å². The zero-order valence-corrected chi connectivity index (χ0v) is 22.7. The van der Waals surface area contributed by atoms with Gasteiger partial charge in [-0.05, 0) is 83.6 Å². The van der Waals surface area contributed by atoms with Crippen LogP contribution in [-0.2, 0) is 0 Å². The summed E-state index contributed by atoms with van der Waals surface area (Å²) in [7, 11) is 0. The van der Waals surface area contributed by atoms with Crippen molar-refractivity contribution in [3.8, 4) is 0 Å². The van der Waals surface area contributed by atoms with Crippen LogP contribution in [0.15, 0.2) is 119 Å². The predicted molar refractivity (Wildman–Crippen MR) is 156 cm³/mol. The highest BCUT2D eigenvalue weighted by atomic mass is 14.3. The maximum atomic E-state index is 4.43. The molecule has 0 bridgehead atoms. The summed E-state index contributed by atoms with van der Waals surface area (Å²) in [6, 6.07) is 0. The Kier molecular flexibility index (Phi) is 7.25. The third-order valence-electron chi connectivity index (χ3n) is 9.18. The van der Waals surface area contributed by atoms with Crippen LogP contribution in [0.4, 0.5) is 0 Å². The van der Waals surface area contributed by atoms with Crippen molar-refractivity contribution in [2.24, 2.45) is 29.1 Å². The molecule has 188 valence electrons. The molecule has 5 rings (SSSR count). The normalized spacial score (nSPS) is 29.1. The lowest BCUT2D eigenvalue weighted by atomic mass is 9.69. The second kappa shape index (κ2) is 10.4. The summed E-state index contributed by atoms with van der Waals surface area (Å²) < 4.78 is 0. The van der Waals surface area contributed by atoms with E-state index in [4.69, 9.17) is 0 Å². The zero-order valence-electron chi connectivity index (χ0n) is 22.7. The van der Waals surface area contributed by atoms with Crippen LogP contribution in [0, 0.1) is 29.1 Å². The Morgan fingerprint density at radius 2 is 1.64 bits per heavy atom. The zero-order chi connectivity index (χ0) is 25.3. The van der Waals surface area contributed by atoms with Crippen molar-refractivity contribution in [2.75, 3.05) is 0 Å². The van der Waals surface area contributed by atoms with Gasteiger partial charge >= 0.3 is 0 Å². The summed E-state index contributed by atoms with van der Waals surface area (Å²) in [6.45, 7) is 16.0. The minimum Gasteiger partial charge on any atom is -0.0952 e. The molecule has 0 spiro atoms. The second-order valence-electron chi connectivity index (χ2n) is 12.8. The van der Waals surface area contributed by atoms with Crippen molar-refractivity contribution in [1.82, 2.24) is 0 Å². The molecule has 0 aromatic rings. The largest absolute Gasteiger partial charge is 0.0952 e. The third kappa shape index (κ3) is 5.69. The van der Waals surface area contributed by atoms with Crippen molar-refractivity contribution in [3.05, 3.63) is 119 Å². The summed E-state index contributed by atoms with van der Waals surface area (Å²) in [5.41, 5.74) is 9.90. The summed E-state index contributed by atoms with van der Waals surface area (Å²) in [5, 5.41) is 0. The summed E-state index contributed by atoms with van der Waals surface area (Å²) in [5.74, 6) is 2.64. The van der Waals surface area contributed by atoms with Gasteiger partial charge in [-0.1, -0.05) is 125 Å². The maximum absolute atomic E-state index is 4.43. The average Bonchev–Trinajstić information content (AvgIpc) is 3.28. The van der Waals surface area contributed by atoms with E-state index in [2.05, 4.69) is 101 Å². The van der Waals surface area contributed by atoms with E-state index in [9.17, 15) is 0 Å². The number of allylic oxidation sites excluding steroid dienone is 18. The monoisotopic (exact) mass is 476 g/mol. The molecule has 0 heterocycles. The molecule has 0 aromatic carbocycles. The van der Waals surface area contributed by atoms with E-state index in [1.165, 1.54) is 72.0 Å². The molecule has 2 unspecified atom stereocenters. The molecule has 0 saturated heterocycles. The topological polar surface area (TPSA) is 0 Å².